The van der Waals surface area contributed by atoms with Gasteiger partial charge in [-0.25, -0.2) is 9.59 Å². The fraction of sp³-hybridized carbons (Fsp3) is 0.750. The zero-order chi connectivity index (χ0) is 13.7. The monoisotopic (exact) mass is 256 g/mol. The van der Waals surface area contributed by atoms with Crippen LogP contribution < -0.4 is 5.32 Å². The zero-order valence-corrected chi connectivity index (χ0v) is 10.8. The van der Waals surface area contributed by atoms with Crippen molar-refractivity contribution < 1.29 is 19.5 Å². The third-order valence-corrected chi connectivity index (χ3v) is 3.29. The smallest absolute Gasteiger partial charge is 0.372 e. The molecule has 102 valence electrons. The van der Waals surface area contributed by atoms with Crippen LogP contribution in [-0.2, 0) is 9.59 Å². The van der Waals surface area contributed by atoms with Crippen molar-refractivity contribution in [3.05, 3.63) is 0 Å². The second-order valence-electron chi connectivity index (χ2n) is 4.99. The van der Waals surface area contributed by atoms with Crippen molar-refractivity contribution in [2.75, 3.05) is 14.1 Å². The fourth-order valence-electron chi connectivity index (χ4n) is 2.16. The van der Waals surface area contributed by atoms with Crippen LogP contribution in [0.1, 0.15) is 32.1 Å². The fourth-order valence-corrected chi connectivity index (χ4v) is 2.16. The third-order valence-electron chi connectivity index (χ3n) is 3.29. The number of ketones is 1. The summed E-state index contributed by atoms with van der Waals surface area (Å²) in [4.78, 5) is 34.5. The first-order valence-electron chi connectivity index (χ1n) is 6.14. The van der Waals surface area contributed by atoms with Crippen molar-refractivity contribution in [1.29, 1.82) is 0 Å². The Morgan fingerprint density at radius 2 is 1.72 bits per heavy atom. The second kappa shape index (κ2) is 6.37. The molecule has 0 aromatic carbocycles. The van der Waals surface area contributed by atoms with Crippen molar-refractivity contribution in [2.24, 2.45) is 5.92 Å². The van der Waals surface area contributed by atoms with Gasteiger partial charge in [0.25, 0.3) is 0 Å². The number of aliphatic carboxylic acids is 1. The number of urea groups is 1. The lowest BCUT2D eigenvalue weighted by Crippen LogP contribution is -2.43. The van der Waals surface area contributed by atoms with E-state index in [4.69, 9.17) is 5.11 Å². The van der Waals surface area contributed by atoms with E-state index >= 15 is 0 Å². The lowest BCUT2D eigenvalue weighted by atomic mass is 9.83. The number of carboxylic acid groups (broad SMARTS) is 1. The lowest BCUT2D eigenvalue weighted by molar-refractivity contribution is -0.149. The van der Waals surface area contributed by atoms with E-state index in [1.807, 2.05) is 0 Å². The number of carbonyl (C=O) groups excluding carboxylic acids is 2. The van der Waals surface area contributed by atoms with E-state index in [2.05, 4.69) is 5.32 Å². The number of Topliss-reactive ketones (excluding diaryl/α,β-unsaturated/α-hetero) is 1. The topological polar surface area (TPSA) is 86.7 Å². The summed E-state index contributed by atoms with van der Waals surface area (Å²) in [7, 11) is 3.37. The van der Waals surface area contributed by atoms with E-state index in [1.54, 1.807) is 14.1 Å². The predicted octanol–water partition coefficient (Wildman–Crippen LogP) is 0.860. The number of carboxylic acids is 1. The molecule has 0 aliphatic heterocycles. The molecular formula is C12H20N2O4. The average Bonchev–Trinajstić information content (AvgIpc) is 2.31. The molecule has 18 heavy (non-hydrogen) atoms. The molecule has 2 N–H and O–H groups in total. The third kappa shape index (κ3) is 4.35. The van der Waals surface area contributed by atoms with Crippen molar-refractivity contribution in [2.45, 2.75) is 38.1 Å². The molecule has 0 spiro atoms. The standard InChI is InChI=1S/C12H20N2O4/c1-14(2)12(18)13-9-5-3-8(4-6-9)7-10(15)11(16)17/h8-9H,3-7H2,1-2H3,(H,13,18)(H,16,17). The highest BCUT2D eigenvalue weighted by atomic mass is 16.4. The van der Waals surface area contributed by atoms with Crippen LogP contribution in [0, 0.1) is 5.92 Å². The molecule has 1 rings (SSSR count). The summed E-state index contributed by atoms with van der Waals surface area (Å²) >= 11 is 0. The largest absolute Gasteiger partial charge is 0.476 e. The first-order valence-corrected chi connectivity index (χ1v) is 6.14. The van der Waals surface area contributed by atoms with Gasteiger partial charge in [-0.05, 0) is 31.6 Å². The molecule has 0 atom stereocenters. The number of carbonyl (C=O) groups is 3. The Morgan fingerprint density at radius 1 is 1.17 bits per heavy atom. The number of hydrogen-bond donors (Lipinski definition) is 2. The van der Waals surface area contributed by atoms with Crippen LogP contribution in [-0.4, -0.2) is 47.9 Å². The van der Waals surface area contributed by atoms with Crippen LogP contribution in [0.5, 0.6) is 0 Å². The molecule has 0 aromatic heterocycles. The molecular weight excluding hydrogens is 236 g/mol. The molecule has 0 saturated heterocycles. The normalized spacial score (nSPS) is 23.2. The van der Waals surface area contributed by atoms with Crippen molar-refractivity contribution in [3.8, 4) is 0 Å². The molecule has 2 amide bonds. The summed E-state index contributed by atoms with van der Waals surface area (Å²) in [5.41, 5.74) is 0. The van der Waals surface area contributed by atoms with E-state index in [-0.39, 0.29) is 24.4 Å². The minimum atomic E-state index is -1.35. The number of nitrogens with zero attached hydrogens (tertiary/aromatic N) is 1. The number of nitrogens with one attached hydrogen (secondary N) is 1. The highest BCUT2D eigenvalue weighted by molar-refractivity contribution is 6.32. The van der Waals surface area contributed by atoms with Crippen LogP contribution in [0.2, 0.25) is 0 Å². The number of hydrogen-bond acceptors (Lipinski definition) is 3. The van der Waals surface area contributed by atoms with Crippen molar-refractivity contribution in [3.63, 3.8) is 0 Å². The van der Waals surface area contributed by atoms with Gasteiger partial charge in [-0.1, -0.05) is 0 Å². The Morgan fingerprint density at radius 3 is 2.17 bits per heavy atom. The molecule has 0 unspecified atom stereocenters. The molecule has 0 heterocycles. The molecule has 1 fully saturated rings. The highest BCUT2D eigenvalue weighted by Gasteiger charge is 2.26. The van der Waals surface area contributed by atoms with Gasteiger partial charge in [-0.3, -0.25) is 4.79 Å². The van der Waals surface area contributed by atoms with E-state index < -0.39 is 11.8 Å². The lowest BCUT2D eigenvalue weighted by Gasteiger charge is -2.29. The van der Waals surface area contributed by atoms with Crippen molar-refractivity contribution in [1.82, 2.24) is 10.2 Å². The Labute approximate surface area is 106 Å². The molecule has 1 saturated carbocycles. The molecule has 0 radical (unpaired) electrons. The highest BCUT2D eigenvalue weighted by Crippen LogP contribution is 2.27. The molecule has 6 heteroatoms. The number of amides is 2. The SMILES string of the molecule is CN(C)C(=O)NC1CCC(CC(=O)C(=O)O)CC1. The van der Waals surface area contributed by atoms with Crippen molar-refractivity contribution >= 4 is 17.8 Å². The van der Waals surface area contributed by atoms with Gasteiger partial charge in [-0.15, -0.1) is 0 Å². The van der Waals surface area contributed by atoms with Gasteiger partial charge < -0.3 is 15.3 Å². The quantitative estimate of drug-likeness (QED) is 0.730. The summed E-state index contributed by atoms with van der Waals surface area (Å²) in [6.07, 6.45) is 3.30. The zero-order valence-electron chi connectivity index (χ0n) is 10.8. The summed E-state index contributed by atoms with van der Waals surface area (Å²) in [6, 6.07) is 0.0242. The summed E-state index contributed by atoms with van der Waals surface area (Å²) < 4.78 is 0. The minimum Gasteiger partial charge on any atom is -0.476 e. The molecule has 0 bridgehead atoms. The maximum Gasteiger partial charge on any atom is 0.372 e. The summed E-state index contributed by atoms with van der Waals surface area (Å²) in [5, 5.41) is 11.4. The van der Waals surface area contributed by atoms with Crippen LogP contribution in [0.4, 0.5) is 4.79 Å². The van der Waals surface area contributed by atoms with Gasteiger partial charge in [0, 0.05) is 26.6 Å². The van der Waals surface area contributed by atoms with Gasteiger partial charge in [0.2, 0.25) is 5.78 Å². The van der Waals surface area contributed by atoms with Gasteiger partial charge in [0.1, 0.15) is 0 Å². The number of rotatable bonds is 4. The van der Waals surface area contributed by atoms with Crippen LogP contribution in [0.25, 0.3) is 0 Å². The Kier molecular flexibility index (Phi) is 5.12. The molecule has 1 aliphatic rings. The van der Waals surface area contributed by atoms with Gasteiger partial charge in [-0.2, -0.15) is 0 Å². The first kappa shape index (κ1) is 14.5. The first-order chi connectivity index (χ1) is 8.40. The Bertz CT molecular complexity index is 333. The van der Waals surface area contributed by atoms with Crippen LogP contribution in [0.15, 0.2) is 0 Å². The Hall–Kier alpha value is -1.59. The van der Waals surface area contributed by atoms with E-state index in [1.165, 1.54) is 4.90 Å². The summed E-state index contributed by atoms with van der Waals surface area (Å²) in [5.74, 6) is -1.92. The molecule has 0 aromatic rings. The predicted molar refractivity (Wildman–Crippen MR) is 65.2 cm³/mol. The minimum absolute atomic E-state index is 0.111. The summed E-state index contributed by atoms with van der Waals surface area (Å²) in [6.45, 7) is 0. The van der Waals surface area contributed by atoms with Gasteiger partial charge in [0.15, 0.2) is 0 Å². The maximum absolute atomic E-state index is 11.4. The van der Waals surface area contributed by atoms with E-state index in [0.717, 1.165) is 25.7 Å². The molecule has 1 aliphatic carbocycles. The van der Waals surface area contributed by atoms with Gasteiger partial charge in [0.05, 0.1) is 0 Å². The van der Waals surface area contributed by atoms with Gasteiger partial charge >= 0.3 is 12.0 Å². The van der Waals surface area contributed by atoms with Crippen LogP contribution >= 0.6 is 0 Å². The average molecular weight is 256 g/mol. The maximum atomic E-state index is 11.4. The second-order valence-corrected chi connectivity index (χ2v) is 4.99. The van der Waals surface area contributed by atoms with E-state index in [0.29, 0.717) is 0 Å². The molecule has 6 nitrogen and oxygen atoms in total. The van der Waals surface area contributed by atoms with Crippen LogP contribution in [0.3, 0.4) is 0 Å². The van der Waals surface area contributed by atoms with E-state index in [9.17, 15) is 14.4 Å². The Balaban J connectivity index is 2.31.